The molecule has 2 amide bonds. The third-order valence-corrected chi connectivity index (χ3v) is 4.92. The molecule has 1 saturated carbocycles. The summed E-state index contributed by atoms with van der Waals surface area (Å²) in [7, 11) is 1.65. The van der Waals surface area contributed by atoms with E-state index in [9.17, 15) is 9.59 Å². The van der Waals surface area contributed by atoms with Crippen LogP contribution in [0.25, 0.3) is 17.0 Å². The number of H-pyrrole nitrogens is 1. The third kappa shape index (κ3) is 3.37. The second-order valence-corrected chi connectivity index (χ2v) is 6.61. The van der Waals surface area contributed by atoms with Gasteiger partial charge < -0.3 is 10.6 Å². The van der Waals surface area contributed by atoms with E-state index in [1.807, 2.05) is 0 Å². The van der Waals surface area contributed by atoms with Gasteiger partial charge in [-0.15, -0.1) is 0 Å². The first kappa shape index (κ1) is 17.1. The highest BCUT2D eigenvalue weighted by atomic mass is 16.2. The summed E-state index contributed by atoms with van der Waals surface area (Å²) in [6, 6.07) is 0.0167. The predicted octanol–water partition coefficient (Wildman–Crippen LogP) is 0.573. The van der Waals surface area contributed by atoms with Crippen LogP contribution in [0.4, 0.5) is 0 Å². The number of hydrogen-bond donors (Lipinski definition) is 3. The van der Waals surface area contributed by atoms with E-state index in [1.54, 1.807) is 36.5 Å². The number of aromatic nitrogens is 6. The van der Waals surface area contributed by atoms with Crippen molar-refractivity contribution < 1.29 is 9.59 Å². The molecule has 0 atom stereocenters. The lowest BCUT2D eigenvalue weighted by Crippen LogP contribution is -2.40. The van der Waals surface area contributed by atoms with Crippen LogP contribution in [0, 0.1) is 5.92 Å². The fraction of sp³-hybridized carbons (Fsp3) is 0.412. The van der Waals surface area contributed by atoms with Crippen molar-refractivity contribution in [3.8, 4) is 5.95 Å². The molecule has 27 heavy (non-hydrogen) atoms. The molecule has 3 heterocycles. The lowest BCUT2D eigenvalue weighted by atomic mass is 9.85. The minimum atomic E-state index is -0.281. The molecule has 3 aromatic heterocycles. The summed E-state index contributed by atoms with van der Waals surface area (Å²) in [6.07, 6.45) is 9.50. The Kier molecular flexibility index (Phi) is 4.53. The fourth-order valence-corrected chi connectivity index (χ4v) is 3.44. The maximum atomic E-state index is 12.9. The van der Waals surface area contributed by atoms with E-state index in [0.717, 1.165) is 25.7 Å². The van der Waals surface area contributed by atoms with Gasteiger partial charge in [0.1, 0.15) is 17.4 Å². The number of rotatable bonds is 4. The van der Waals surface area contributed by atoms with Crippen LogP contribution >= 0.6 is 0 Å². The molecule has 140 valence electrons. The summed E-state index contributed by atoms with van der Waals surface area (Å²) in [6.45, 7) is 0. The van der Waals surface area contributed by atoms with Crippen LogP contribution < -0.4 is 10.6 Å². The number of aromatic amines is 1. The van der Waals surface area contributed by atoms with E-state index in [1.165, 1.54) is 0 Å². The minimum absolute atomic E-state index is 0.0167. The molecular formula is C17H20N8O2. The SMILES string of the molecule is CNC(=O)C1CCC(NC(=O)c2nc(-n3ccnc3)nc3cn[nH]c23)CC1. The summed E-state index contributed by atoms with van der Waals surface area (Å²) in [5, 5.41) is 12.5. The minimum Gasteiger partial charge on any atom is -0.359 e. The molecule has 0 unspecified atom stereocenters. The molecule has 1 fully saturated rings. The first-order valence-corrected chi connectivity index (χ1v) is 8.87. The largest absolute Gasteiger partial charge is 0.359 e. The highest BCUT2D eigenvalue weighted by molar-refractivity contribution is 6.03. The Balaban J connectivity index is 1.53. The van der Waals surface area contributed by atoms with Crippen molar-refractivity contribution in [1.82, 2.24) is 40.3 Å². The van der Waals surface area contributed by atoms with E-state index in [4.69, 9.17) is 0 Å². The van der Waals surface area contributed by atoms with E-state index in [2.05, 4.69) is 35.8 Å². The molecule has 1 aliphatic rings. The molecule has 0 radical (unpaired) electrons. The summed E-state index contributed by atoms with van der Waals surface area (Å²) in [5.41, 5.74) is 1.30. The Morgan fingerprint density at radius 1 is 1.22 bits per heavy atom. The van der Waals surface area contributed by atoms with Gasteiger partial charge in [-0.05, 0) is 25.7 Å². The van der Waals surface area contributed by atoms with Crippen LogP contribution in [0.1, 0.15) is 36.2 Å². The van der Waals surface area contributed by atoms with Crippen molar-refractivity contribution in [3.63, 3.8) is 0 Å². The molecule has 10 heteroatoms. The van der Waals surface area contributed by atoms with Crippen LogP contribution in [0.2, 0.25) is 0 Å². The molecule has 3 aromatic rings. The van der Waals surface area contributed by atoms with Gasteiger partial charge >= 0.3 is 0 Å². The third-order valence-electron chi connectivity index (χ3n) is 4.92. The molecular weight excluding hydrogens is 348 g/mol. The predicted molar refractivity (Wildman–Crippen MR) is 96.1 cm³/mol. The molecule has 10 nitrogen and oxygen atoms in total. The van der Waals surface area contributed by atoms with Gasteiger partial charge in [0.05, 0.1) is 6.20 Å². The average Bonchev–Trinajstić information content (AvgIpc) is 3.38. The topological polar surface area (TPSA) is 130 Å². The van der Waals surface area contributed by atoms with Crippen molar-refractivity contribution >= 4 is 22.8 Å². The van der Waals surface area contributed by atoms with Crippen molar-refractivity contribution in [2.24, 2.45) is 5.92 Å². The normalized spacial score (nSPS) is 19.7. The number of fused-ring (bicyclic) bond motifs is 1. The number of hydrogen-bond acceptors (Lipinski definition) is 6. The van der Waals surface area contributed by atoms with E-state index in [0.29, 0.717) is 17.0 Å². The molecule has 0 saturated heterocycles. The van der Waals surface area contributed by atoms with Crippen LogP contribution in [-0.2, 0) is 4.79 Å². The Bertz CT molecular complexity index is 957. The van der Waals surface area contributed by atoms with Gasteiger partial charge in [-0.2, -0.15) is 5.10 Å². The van der Waals surface area contributed by atoms with Gasteiger partial charge in [0, 0.05) is 31.4 Å². The van der Waals surface area contributed by atoms with Crippen LogP contribution in [0.3, 0.4) is 0 Å². The Hall–Kier alpha value is -3.30. The number of carbonyl (C=O) groups excluding carboxylic acids is 2. The first-order valence-electron chi connectivity index (χ1n) is 8.87. The zero-order chi connectivity index (χ0) is 18.8. The van der Waals surface area contributed by atoms with Crippen molar-refractivity contribution in [3.05, 3.63) is 30.6 Å². The average molecular weight is 368 g/mol. The standard InChI is InChI=1S/C17H20N8O2/c1-18-15(26)10-2-4-11(5-3-10)21-16(27)14-13-12(8-20-24-13)22-17(23-14)25-7-6-19-9-25/h6-11H,2-5H2,1H3,(H,18,26)(H,20,24)(H,21,27). The quantitative estimate of drug-likeness (QED) is 0.617. The van der Waals surface area contributed by atoms with Crippen molar-refractivity contribution in [2.45, 2.75) is 31.7 Å². The van der Waals surface area contributed by atoms with Gasteiger partial charge in [0.25, 0.3) is 5.91 Å². The maximum absolute atomic E-state index is 12.9. The second-order valence-electron chi connectivity index (χ2n) is 6.61. The van der Waals surface area contributed by atoms with Crippen LogP contribution in [0.15, 0.2) is 24.9 Å². The van der Waals surface area contributed by atoms with Gasteiger partial charge in [0.2, 0.25) is 11.9 Å². The van der Waals surface area contributed by atoms with Crippen molar-refractivity contribution in [1.29, 1.82) is 0 Å². The molecule has 1 aliphatic carbocycles. The second kappa shape index (κ2) is 7.14. The molecule has 0 spiro atoms. The molecule has 0 bridgehead atoms. The Morgan fingerprint density at radius 3 is 2.74 bits per heavy atom. The van der Waals surface area contributed by atoms with Crippen LogP contribution in [0.5, 0.6) is 0 Å². The Labute approximate surface area is 154 Å². The van der Waals surface area contributed by atoms with E-state index < -0.39 is 0 Å². The van der Waals surface area contributed by atoms with E-state index >= 15 is 0 Å². The summed E-state index contributed by atoms with van der Waals surface area (Å²) in [4.78, 5) is 37.4. The summed E-state index contributed by atoms with van der Waals surface area (Å²) >= 11 is 0. The number of carbonyl (C=O) groups is 2. The number of nitrogens with zero attached hydrogens (tertiary/aromatic N) is 5. The highest BCUT2D eigenvalue weighted by Gasteiger charge is 2.27. The van der Waals surface area contributed by atoms with Gasteiger partial charge in [0.15, 0.2) is 5.69 Å². The summed E-state index contributed by atoms with van der Waals surface area (Å²) in [5.74, 6) is 0.167. The number of imidazole rings is 1. The molecule has 4 rings (SSSR count). The fourth-order valence-electron chi connectivity index (χ4n) is 3.44. The van der Waals surface area contributed by atoms with Crippen molar-refractivity contribution in [2.75, 3.05) is 7.05 Å². The number of amides is 2. The lowest BCUT2D eigenvalue weighted by molar-refractivity contribution is -0.125. The van der Waals surface area contributed by atoms with Crippen LogP contribution in [-0.4, -0.2) is 54.6 Å². The highest BCUT2D eigenvalue weighted by Crippen LogP contribution is 2.25. The molecule has 0 aromatic carbocycles. The van der Waals surface area contributed by atoms with E-state index in [-0.39, 0.29) is 29.5 Å². The lowest BCUT2D eigenvalue weighted by Gasteiger charge is -2.28. The van der Waals surface area contributed by atoms with Gasteiger partial charge in [-0.3, -0.25) is 19.3 Å². The Morgan fingerprint density at radius 2 is 2.04 bits per heavy atom. The molecule has 0 aliphatic heterocycles. The monoisotopic (exact) mass is 368 g/mol. The van der Waals surface area contributed by atoms with Gasteiger partial charge in [-0.1, -0.05) is 0 Å². The smallest absolute Gasteiger partial charge is 0.272 e. The summed E-state index contributed by atoms with van der Waals surface area (Å²) < 4.78 is 1.64. The maximum Gasteiger partial charge on any atom is 0.272 e. The van der Waals surface area contributed by atoms with Gasteiger partial charge in [-0.25, -0.2) is 15.0 Å². The first-order chi connectivity index (χ1) is 13.2. The number of nitrogens with one attached hydrogen (secondary N) is 3. The zero-order valence-electron chi connectivity index (χ0n) is 14.8. The molecule has 3 N–H and O–H groups in total. The zero-order valence-corrected chi connectivity index (χ0v) is 14.8.